The zero-order valence-electron chi connectivity index (χ0n) is 13.5. The third kappa shape index (κ3) is 3.58. The topological polar surface area (TPSA) is 65.4 Å². The molecule has 1 heterocycles. The number of anilines is 1. The fraction of sp³-hybridized carbons (Fsp3) is 0.375. The van der Waals surface area contributed by atoms with Gasteiger partial charge in [0, 0.05) is 24.9 Å². The first kappa shape index (κ1) is 15.9. The molecule has 0 unspecified atom stereocenters. The molecular formula is C16H21N3O3. The minimum Gasteiger partial charge on any atom is -0.497 e. The Morgan fingerprint density at radius 1 is 1.32 bits per heavy atom. The van der Waals surface area contributed by atoms with Crippen molar-refractivity contribution in [3.63, 3.8) is 0 Å². The quantitative estimate of drug-likeness (QED) is 0.922. The van der Waals surface area contributed by atoms with Crippen molar-refractivity contribution >= 4 is 11.7 Å². The lowest BCUT2D eigenvalue weighted by Gasteiger charge is -2.14. The number of amides is 1. The fourth-order valence-electron chi connectivity index (χ4n) is 1.97. The number of carbonyl (C=O) groups is 1. The summed E-state index contributed by atoms with van der Waals surface area (Å²) in [6.07, 6.45) is -0.0456. The number of nitrogens with zero attached hydrogens (tertiary/aromatic N) is 2. The van der Waals surface area contributed by atoms with Crippen LogP contribution in [0, 0.1) is 6.92 Å². The molecule has 0 bridgehead atoms. The van der Waals surface area contributed by atoms with Crippen molar-refractivity contribution in [3.05, 3.63) is 35.5 Å². The van der Waals surface area contributed by atoms with Gasteiger partial charge < -0.3 is 14.8 Å². The summed E-state index contributed by atoms with van der Waals surface area (Å²) >= 11 is 0. The molecular weight excluding hydrogens is 282 g/mol. The van der Waals surface area contributed by atoms with Gasteiger partial charge in [-0.3, -0.25) is 9.48 Å². The van der Waals surface area contributed by atoms with E-state index in [1.54, 1.807) is 30.0 Å². The second kappa shape index (κ2) is 6.51. The average Bonchev–Trinajstić information content (AvgIpc) is 2.76. The van der Waals surface area contributed by atoms with Gasteiger partial charge in [0.2, 0.25) is 0 Å². The highest BCUT2D eigenvalue weighted by atomic mass is 16.5. The maximum absolute atomic E-state index is 12.5. The standard InChI is InChI=1S/C16H21N3O3/c1-10(2)22-14-9-12(21-5)6-7-13(14)16(20)17-15-8-11(3)19(4)18-15/h6-10H,1-5H3,(H,17,18,20). The highest BCUT2D eigenvalue weighted by Crippen LogP contribution is 2.26. The summed E-state index contributed by atoms with van der Waals surface area (Å²) < 4.78 is 12.6. The molecule has 0 aliphatic heterocycles. The fourth-order valence-corrected chi connectivity index (χ4v) is 1.97. The molecule has 1 aromatic carbocycles. The Morgan fingerprint density at radius 2 is 2.05 bits per heavy atom. The van der Waals surface area contributed by atoms with Crippen molar-refractivity contribution in [3.8, 4) is 11.5 Å². The zero-order chi connectivity index (χ0) is 16.3. The number of hydrogen-bond acceptors (Lipinski definition) is 4. The molecule has 1 amide bonds. The largest absolute Gasteiger partial charge is 0.497 e. The van der Waals surface area contributed by atoms with Crippen molar-refractivity contribution in [1.29, 1.82) is 0 Å². The molecule has 6 nitrogen and oxygen atoms in total. The number of aromatic nitrogens is 2. The van der Waals surface area contributed by atoms with Gasteiger partial charge in [0.25, 0.3) is 5.91 Å². The van der Waals surface area contributed by atoms with Crippen LogP contribution in [0.2, 0.25) is 0 Å². The van der Waals surface area contributed by atoms with Crippen LogP contribution >= 0.6 is 0 Å². The number of rotatable bonds is 5. The van der Waals surface area contributed by atoms with Crippen LogP contribution in [0.15, 0.2) is 24.3 Å². The van der Waals surface area contributed by atoms with Gasteiger partial charge in [0.1, 0.15) is 11.5 Å². The predicted molar refractivity (Wildman–Crippen MR) is 84.7 cm³/mol. The lowest BCUT2D eigenvalue weighted by Crippen LogP contribution is -2.16. The SMILES string of the molecule is COc1ccc(C(=O)Nc2cc(C)n(C)n2)c(OC(C)C)c1. The summed E-state index contributed by atoms with van der Waals surface area (Å²) in [5, 5.41) is 7.00. The molecule has 1 N–H and O–H groups in total. The number of aryl methyl sites for hydroxylation is 2. The normalized spacial score (nSPS) is 10.6. The number of benzene rings is 1. The molecule has 0 atom stereocenters. The summed E-state index contributed by atoms with van der Waals surface area (Å²) in [5.41, 5.74) is 1.40. The molecule has 6 heteroatoms. The van der Waals surface area contributed by atoms with Crippen molar-refractivity contribution in [2.75, 3.05) is 12.4 Å². The Morgan fingerprint density at radius 3 is 2.59 bits per heavy atom. The average molecular weight is 303 g/mol. The highest BCUT2D eigenvalue weighted by Gasteiger charge is 2.16. The summed E-state index contributed by atoms with van der Waals surface area (Å²) in [5.74, 6) is 1.37. The first-order chi connectivity index (χ1) is 10.4. The molecule has 118 valence electrons. The summed E-state index contributed by atoms with van der Waals surface area (Å²) in [6, 6.07) is 6.93. The Kier molecular flexibility index (Phi) is 4.70. The van der Waals surface area contributed by atoms with Gasteiger partial charge in [0.05, 0.1) is 18.8 Å². The van der Waals surface area contributed by atoms with E-state index in [0.717, 1.165) is 5.69 Å². The third-order valence-electron chi connectivity index (χ3n) is 3.15. The predicted octanol–water partition coefficient (Wildman–Crippen LogP) is 2.78. The first-order valence-electron chi connectivity index (χ1n) is 7.07. The van der Waals surface area contributed by atoms with Crippen LogP contribution < -0.4 is 14.8 Å². The van der Waals surface area contributed by atoms with Crippen molar-refractivity contribution < 1.29 is 14.3 Å². The Labute approximate surface area is 130 Å². The third-order valence-corrected chi connectivity index (χ3v) is 3.15. The molecule has 0 saturated carbocycles. The number of nitrogens with one attached hydrogen (secondary N) is 1. The second-order valence-corrected chi connectivity index (χ2v) is 5.28. The monoisotopic (exact) mass is 303 g/mol. The van der Waals surface area contributed by atoms with Crippen LogP contribution in [0.4, 0.5) is 5.82 Å². The maximum Gasteiger partial charge on any atom is 0.260 e. The van der Waals surface area contributed by atoms with Gasteiger partial charge in [-0.05, 0) is 32.9 Å². The van der Waals surface area contributed by atoms with Gasteiger partial charge in [-0.25, -0.2) is 0 Å². The summed E-state index contributed by atoms with van der Waals surface area (Å²) in [6.45, 7) is 5.73. The van der Waals surface area contributed by atoms with Crippen LogP contribution in [-0.4, -0.2) is 28.9 Å². The highest BCUT2D eigenvalue weighted by molar-refractivity contribution is 6.05. The van der Waals surface area contributed by atoms with E-state index in [-0.39, 0.29) is 12.0 Å². The molecule has 2 aromatic rings. The van der Waals surface area contributed by atoms with E-state index in [2.05, 4.69) is 10.4 Å². The van der Waals surface area contributed by atoms with Gasteiger partial charge in [-0.1, -0.05) is 0 Å². The maximum atomic E-state index is 12.5. The van der Waals surface area contributed by atoms with Crippen LogP contribution in [0.5, 0.6) is 11.5 Å². The van der Waals surface area contributed by atoms with Crippen molar-refractivity contribution in [2.24, 2.45) is 7.05 Å². The molecule has 0 saturated heterocycles. The molecule has 0 spiro atoms. The summed E-state index contributed by atoms with van der Waals surface area (Å²) in [4.78, 5) is 12.5. The molecule has 2 rings (SSSR count). The molecule has 0 aliphatic rings. The van der Waals surface area contributed by atoms with Crippen LogP contribution in [0.1, 0.15) is 29.9 Å². The Hall–Kier alpha value is -2.50. The van der Waals surface area contributed by atoms with Crippen molar-refractivity contribution in [1.82, 2.24) is 9.78 Å². The summed E-state index contributed by atoms with van der Waals surface area (Å²) in [7, 11) is 3.40. The molecule has 0 aliphatic carbocycles. The van der Waals surface area contributed by atoms with Crippen molar-refractivity contribution in [2.45, 2.75) is 26.9 Å². The van der Waals surface area contributed by atoms with E-state index in [9.17, 15) is 4.79 Å². The van der Waals surface area contributed by atoms with E-state index in [1.165, 1.54) is 0 Å². The number of hydrogen-bond donors (Lipinski definition) is 1. The van der Waals surface area contributed by atoms with Gasteiger partial charge in [-0.2, -0.15) is 5.10 Å². The molecule has 0 fully saturated rings. The number of carbonyl (C=O) groups excluding carboxylic acids is 1. The lowest BCUT2D eigenvalue weighted by molar-refractivity contribution is 0.102. The van der Waals surface area contributed by atoms with E-state index in [4.69, 9.17) is 9.47 Å². The Bertz CT molecular complexity index is 658. The van der Waals surface area contributed by atoms with E-state index < -0.39 is 0 Å². The van der Waals surface area contributed by atoms with Gasteiger partial charge in [0.15, 0.2) is 5.82 Å². The van der Waals surface area contributed by atoms with Crippen LogP contribution in [0.25, 0.3) is 0 Å². The second-order valence-electron chi connectivity index (χ2n) is 5.28. The minimum atomic E-state index is -0.267. The smallest absolute Gasteiger partial charge is 0.260 e. The lowest BCUT2D eigenvalue weighted by atomic mass is 10.1. The van der Waals surface area contributed by atoms with Gasteiger partial charge >= 0.3 is 0 Å². The van der Waals surface area contributed by atoms with E-state index in [0.29, 0.717) is 22.9 Å². The van der Waals surface area contributed by atoms with Crippen LogP contribution in [-0.2, 0) is 7.05 Å². The van der Waals surface area contributed by atoms with E-state index in [1.807, 2.05) is 33.9 Å². The molecule has 0 radical (unpaired) electrons. The molecule has 1 aromatic heterocycles. The number of ether oxygens (including phenoxy) is 2. The Balaban J connectivity index is 2.27. The first-order valence-corrected chi connectivity index (χ1v) is 7.07. The molecule has 22 heavy (non-hydrogen) atoms. The van der Waals surface area contributed by atoms with Crippen LogP contribution in [0.3, 0.4) is 0 Å². The minimum absolute atomic E-state index is 0.0456. The van der Waals surface area contributed by atoms with Gasteiger partial charge in [-0.15, -0.1) is 0 Å². The number of methoxy groups -OCH3 is 1. The van der Waals surface area contributed by atoms with E-state index >= 15 is 0 Å². The zero-order valence-corrected chi connectivity index (χ0v) is 13.5.